The lowest BCUT2D eigenvalue weighted by atomic mass is 10.0. The van der Waals surface area contributed by atoms with Gasteiger partial charge in [0.15, 0.2) is 5.65 Å². The zero-order chi connectivity index (χ0) is 22.7. The van der Waals surface area contributed by atoms with Crippen molar-refractivity contribution in [2.24, 2.45) is 0 Å². The number of nitrogens with one attached hydrogen (secondary N) is 1. The van der Waals surface area contributed by atoms with E-state index in [1.807, 2.05) is 16.8 Å². The van der Waals surface area contributed by atoms with Gasteiger partial charge in [0.1, 0.15) is 0 Å². The highest BCUT2D eigenvalue weighted by Gasteiger charge is 2.23. The number of carbonyl (C=O) groups is 1. The van der Waals surface area contributed by atoms with Gasteiger partial charge in [0, 0.05) is 37.9 Å². The normalized spacial score (nSPS) is 17.4. The zero-order valence-electron chi connectivity index (χ0n) is 19.4. The van der Waals surface area contributed by atoms with Crippen molar-refractivity contribution in [3.63, 3.8) is 0 Å². The maximum absolute atomic E-state index is 13.2. The molecule has 0 saturated carbocycles. The monoisotopic (exact) mass is 435 g/mol. The first-order chi connectivity index (χ1) is 15.4. The summed E-state index contributed by atoms with van der Waals surface area (Å²) < 4.78 is 7.81. The van der Waals surface area contributed by atoms with Gasteiger partial charge in [-0.25, -0.2) is 9.67 Å². The molecule has 7 nitrogen and oxygen atoms in total. The third-order valence-electron chi connectivity index (χ3n) is 5.87. The van der Waals surface area contributed by atoms with Gasteiger partial charge in [-0.2, -0.15) is 5.10 Å². The van der Waals surface area contributed by atoms with E-state index >= 15 is 0 Å². The minimum Gasteiger partial charge on any atom is -0.374 e. The Balaban J connectivity index is 1.45. The Labute approximate surface area is 189 Å². The summed E-state index contributed by atoms with van der Waals surface area (Å²) >= 11 is 0. The van der Waals surface area contributed by atoms with Crippen molar-refractivity contribution in [1.82, 2.24) is 25.0 Å². The molecule has 0 spiro atoms. The van der Waals surface area contributed by atoms with Crippen molar-refractivity contribution in [2.75, 3.05) is 26.2 Å². The SMILES string of the molecule is CC(C)c1cc(C(=O)NCC2CN(Cc3ccccc3)CCO2)c2cnn(C(C)C)c2n1. The molecule has 1 amide bonds. The van der Waals surface area contributed by atoms with E-state index in [0.717, 1.165) is 36.4 Å². The smallest absolute Gasteiger partial charge is 0.252 e. The van der Waals surface area contributed by atoms with Crippen molar-refractivity contribution in [1.29, 1.82) is 0 Å². The van der Waals surface area contributed by atoms with Gasteiger partial charge in [-0.05, 0) is 31.4 Å². The van der Waals surface area contributed by atoms with Gasteiger partial charge in [-0.1, -0.05) is 44.2 Å². The van der Waals surface area contributed by atoms with Crippen molar-refractivity contribution < 1.29 is 9.53 Å². The molecule has 3 aromatic rings. The Hall–Kier alpha value is -2.77. The lowest BCUT2D eigenvalue weighted by Gasteiger charge is -2.33. The van der Waals surface area contributed by atoms with Crippen LogP contribution in [0.2, 0.25) is 0 Å². The predicted molar refractivity (Wildman–Crippen MR) is 126 cm³/mol. The lowest BCUT2D eigenvalue weighted by Crippen LogP contribution is -2.47. The Kier molecular flexibility index (Phi) is 6.86. The van der Waals surface area contributed by atoms with Crippen LogP contribution in [-0.4, -0.2) is 57.9 Å². The van der Waals surface area contributed by atoms with E-state index in [1.54, 1.807) is 6.20 Å². The Morgan fingerprint density at radius 3 is 2.72 bits per heavy atom. The first kappa shape index (κ1) is 22.4. The second-order valence-electron chi connectivity index (χ2n) is 9.09. The molecule has 1 aromatic carbocycles. The van der Waals surface area contributed by atoms with E-state index in [1.165, 1.54) is 5.56 Å². The third kappa shape index (κ3) is 5.00. The minimum atomic E-state index is -0.105. The van der Waals surface area contributed by atoms with Crippen LogP contribution >= 0.6 is 0 Å². The average molecular weight is 436 g/mol. The molecule has 3 heterocycles. The number of nitrogens with zero attached hydrogens (tertiary/aromatic N) is 4. The molecule has 1 fully saturated rings. The lowest BCUT2D eigenvalue weighted by molar-refractivity contribution is -0.0292. The molecule has 2 aromatic heterocycles. The minimum absolute atomic E-state index is 0.0308. The maximum atomic E-state index is 13.2. The summed E-state index contributed by atoms with van der Waals surface area (Å²) in [5.74, 6) is 0.112. The van der Waals surface area contributed by atoms with Gasteiger partial charge in [0.25, 0.3) is 5.91 Å². The molecule has 1 aliphatic rings. The van der Waals surface area contributed by atoms with Gasteiger partial charge in [-0.15, -0.1) is 0 Å². The second-order valence-corrected chi connectivity index (χ2v) is 9.09. The molecule has 1 aliphatic heterocycles. The van der Waals surface area contributed by atoms with E-state index in [9.17, 15) is 4.79 Å². The summed E-state index contributed by atoms with van der Waals surface area (Å²) in [6.45, 7) is 12.0. The van der Waals surface area contributed by atoms with Crippen LogP contribution in [0.3, 0.4) is 0 Å². The molecule has 0 aliphatic carbocycles. The molecule has 1 saturated heterocycles. The van der Waals surface area contributed by atoms with E-state index in [2.05, 4.69) is 67.3 Å². The number of hydrogen-bond acceptors (Lipinski definition) is 5. The van der Waals surface area contributed by atoms with E-state index < -0.39 is 0 Å². The first-order valence-electron chi connectivity index (χ1n) is 11.5. The van der Waals surface area contributed by atoms with Crippen LogP contribution in [0.1, 0.15) is 61.3 Å². The molecule has 4 rings (SSSR count). The summed E-state index contributed by atoms with van der Waals surface area (Å²) in [4.78, 5) is 20.3. The Morgan fingerprint density at radius 1 is 1.22 bits per heavy atom. The molecule has 1 atom stereocenters. The number of pyridine rings is 1. The Morgan fingerprint density at radius 2 is 2.00 bits per heavy atom. The number of benzene rings is 1. The quantitative estimate of drug-likeness (QED) is 0.612. The van der Waals surface area contributed by atoms with E-state index in [-0.39, 0.29) is 24.0 Å². The summed E-state index contributed by atoms with van der Waals surface area (Å²) in [6.07, 6.45) is 1.72. The fourth-order valence-corrected chi connectivity index (χ4v) is 4.09. The Bertz CT molecular complexity index is 1060. The van der Waals surface area contributed by atoms with Crippen LogP contribution < -0.4 is 5.32 Å². The van der Waals surface area contributed by atoms with Crippen molar-refractivity contribution in [2.45, 2.75) is 52.3 Å². The van der Waals surface area contributed by atoms with Crippen molar-refractivity contribution >= 4 is 16.9 Å². The molecule has 1 N–H and O–H groups in total. The average Bonchev–Trinajstić information content (AvgIpc) is 3.22. The summed E-state index contributed by atoms with van der Waals surface area (Å²) in [6, 6.07) is 12.5. The number of morpholine rings is 1. The van der Waals surface area contributed by atoms with Gasteiger partial charge >= 0.3 is 0 Å². The van der Waals surface area contributed by atoms with Crippen LogP contribution in [0.25, 0.3) is 11.0 Å². The fourth-order valence-electron chi connectivity index (χ4n) is 4.09. The van der Waals surface area contributed by atoms with Gasteiger partial charge in [-0.3, -0.25) is 9.69 Å². The number of hydrogen-bond donors (Lipinski definition) is 1. The van der Waals surface area contributed by atoms with Crippen LogP contribution in [0.5, 0.6) is 0 Å². The molecule has 7 heteroatoms. The van der Waals surface area contributed by atoms with Gasteiger partial charge in [0.05, 0.1) is 29.9 Å². The fraction of sp³-hybridized carbons (Fsp3) is 0.480. The molecule has 170 valence electrons. The van der Waals surface area contributed by atoms with Crippen molar-refractivity contribution in [3.05, 3.63) is 59.4 Å². The topological polar surface area (TPSA) is 72.3 Å². The summed E-state index contributed by atoms with van der Waals surface area (Å²) in [5, 5.41) is 8.36. The van der Waals surface area contributed by atoms with Crippen molar-refractivity contribution in [3.8, 4) is 0 Å². The number of amides is 1. The number of aromatic nitrogens is 3. The van der Waals surface area contributed by atoms with E-state index in [4.69, 9.17) is 9.72 Å². The maximum Gasteiger partial charge on any atom is 0.252 e. The van der Waals surface area contributed by atoms with Crippen LogP contribution in [0.15, 0.2) is 42.6 Å². The van der Waals surface area contributed by atoms with Gasteiger partial charge < -0.3 is 10.1 Å². The second kappa shape index (κ2) is 9.79. The highest BCUT2D eigenvalue weighted by molar-refractivity contribution is 6.05. The highest BCUT2D eigenvalue weighted by Crippen LogP contribution is 2.24. The number of rotatable bonds is 7. The molecular weight excluding hydrogens is 402 g/mol. The zero-order valence-corrected chi connectivity index (χ0v) is 19.4. The third-order valence-corrected chi connectivity index (χ3v) is 5.87. The standard InChI is InChI=1S/C25H33N5O2/c1-17(2)23-12-21(22-14-27-30(18(3)4)24(22)28-23)25(31)26-13-20-16-29(10-11-32-20)15-19-8-6-5-7-9-19/h5-9,12,14,17-18,20H,10-11,13,15-16H2,1-4H3,(H,26,31). The number of ether oxygens (including phenoxy) is 1. The molecular formula is C25H33N5O2. The van der Waals surface area contributed by atoms with Crippen LogP contribution in [-0.2, 0) is 11.3 Å². The molecule has 0 bridgehead atoms. The molecule has 32 heavy (non-hydrogen) atoms. The molecule has 1 unspecified atom stereocenters. The predicted octanol–water partition coefficient (Wildman–Crippen LogP) is 3.77. The van der Waals surface area contributed by atoms with Crippen LogP contribution in [0, 0.1) is 0 Å². The largest absolute Gasteiger partial charge is 0.374 e. The number of fused-ring (bicyclic) bond motifs is 1. The summed E-state index contributed by atoms with van der Waals surface area (Å²) in [7, 11) is 0. The van der Waals surface area contributed by atoms with E-state index in [0.29, 0.717) is 18.7 Å². The first-order valence-corrected chi connectivity index (χ1v) is 11.5. The number of carbonyl (C=O) groups excluding carboxylic acids is 1. The van der Waals surface area contributed by atoms with Gasteiger partial charge in [0.2, 0.25) is 0 Å². The molecule has 0 radical (unpaired) electrons. The highest BCUT2D eigenvalue weighted by atomic mass is 16.5. The van der Waals surface area contributed by atoms with Crippen LogP contribution in [0.4, 0.5) is 0 Å². The summed E-state index contributed by atoms with van der Waals surface area (Å²) in [5.41, 5.74) is 3.58.